The summed E-state index contributed by atoms with van der Waals surface area (Å²) in [5, 5.41) is 2.18. The maximum absolute atomic E-state index is 12.3. The van der Waals surface area contributed by atoms with Crippen molar-refractivity contribution in [1.29, 1.82) is 0 Å². The second-order valence-corrected chi connectivity index (χ2v) is 5.93. The van der Waals surface area contributed by atoms with Gasteiger partial charge in [0.1, 0.15) is 6.54 Å². The van der Waals surface area contributed by atoms with Crippen LogP contribution in [0.3, 0.4) is 0 Å². The molecule has 0 radical (unpaired) electrons. The van der Waals surface area contributed by atoms with Crippen LogP contribution in [0.1, 0.15) is 5.69 Å². The molecule has 1 aliphatic heterocycles. The highest BCUT2D eigenvalue weighted by Crippen LogP contribution is 2.31. The minimum Gasteiger partial charge on any atom is -0.325 e. The molecule has 0 spiro atoms. The number of nitrogens with zero attached hydrogens (tertiary/aromatic N) is 2. The highest BCUT2D eigenvalue weighted by atomic mass is 32.2. The van der Waals surface area contributed by atoms with E-state index in [1.165, 1.54) is 0 Å². The van der Waals surface area contributed by atoms with Crippen molar-refractivity contribution in [1.82, 2.24) is 9.88 Å². The molecule has 6 nitrogen and oxygen atoms in total. The largest absolute Gasteiger partial charge is 0.325 e. The molecule has 2 aromatic rings. The molecule has 0 bridgehead atoms. The lowest BCUT2D eigenvalue weighted by Gasteiger charge is -2.12. The average molecular weight is 339 g/mol. The van der Waals surface area contributed by atoms with Crippen LogP contribution < -0.4 is 5.32 Å². The van der Waals surface area contributed by atoms with Crippen molar-refractivity contribution in [2.45, 2.75) is 0 Å². The van der Waals surface area contributed by atoms with Gasteiger partial charge in [0, 0.05) is 11.9 Å². The fourth-order valence-electron chi connectivity index (χ4n) is 2.10. The van der Waals surface area contributed by atoms with Gasteiger partial charge in [-0.15, -0.1) is 0 Å². The Labute approximate surface area is 142 Å². The number of carbonyl (C=O) groups is 3. The van der Waals surface area contributed by atoms with Crippen LogP contribution in [0.2, 0.25) is 0 Å². The minimum absolute atomic E-state index is 0.256. The van der Waals surface area contributed by atoms with Crippen LogP contribution in [0.5, 0.6) is 0 Å². The third-order valence-corrected chi connectivity index (χ3v) is 4.11. The first-order valence-corrected chi connectivity index (χ1v) is 7.96. The number of thioether (sulfide) groups is 1. The van der Waals surface area contributed by atoms with E-state index in [-0.39, 0.29) is 11.4 Å². The molecule has 24 heavy (non-hydrogen) atoms. The van der Waals surface area contributed by atoms with Crippen LogP contribution in [0.4, 0.5) is 10.5 Å². The molecule has 3 rings (SSSR count). The summed E-state index contributed by atoms with van der Waals surface area (Å²) in [5.74, 6) is -0.915. The number of anilines is 1. The number of para-hydroxylation sites is 1. The first-order chi connectivity index (χ1) is 11.6. The summed E-state index contributed by atoms with van der Waals surface area (Å²) in [6.45, 7) is -0.320. The van der Waals surface area contributed by atoms with E-state index < -0.39 is 17.1 Å². The number of benzene rings is 1. The average Bonchev–Trinajstić information content (AvgIpc) is 2.84. The van der Waals surface area contributed by atoms with E-state index in [0.717, 1.165) is 16.7 Å². The first-order valence-electron chi connectivity index (χ1n) is 7.15. The number of carbonyl (C=O) groups excluding carboxylic acids is 3. The monoisotopic (exact) mass is 339 g/mol. The Kier molecular flexibility index (Phi) is 4.72. The maximum Gasteiger partial charge on any atom is 0.294 e. The van der Waals surface area contributed by atoms with Gasteiger partial charge in [-0.3, -0.25) is 24.3 Å². The number of aromatic nitrogens is 1. The van der Waals surface area contributed by atoms with Gasteiger partial charge in [0.15, 0.2) is 0 Å². The van der Waals surface area contributed by atoms with Crippen LogP contribution in [0.15, 0.2) is 59.6 Å². The molecule has 0 atom stereocenters. The van der Waals surface area contributed by atoms with Crippen molar-refractivity contribution in [2.75, 3.05) is 11.9 Å². The predicted molar refractivity (Wildman–Crippen MR) is 92.0 cm³/mol. The third-order valence-electron chi connectivity index (χ3n) is 3.20. The number of hydrogen-bond acceptors (Lipinski definition) is 5. The molecule has 1 aliphatic rings. The Morgan fingerprint density at radius 3 is 2.58 bits per heavy atom. The minimum atomic E-state index is -0.487. The molecular weight excluding hydrogens is 326 g/mol. The molecule has 1 N–H and O–H groups in total. The molecule has 0 unspecified atom stereocenters. The van der Waals surface area contributed by atoms with E-state index in [1.807, 2.05) is 6.07 Å². The van der Waals surface area contributed by atoms with Crippen LogP contribution >= 0.6 is 11.8 Å². The quantitative estimate of drug-likeness (QED) is 0.867. The number of amides is 3. The number of nitrogens with one attached hydrogen (secondary N) is 1. The van der Waals surface area contributed by atoms with Gasteiger partial charge in [0.2, 0.25) is 5.91 Å². The van der Waals surface area contributed by atoms with E-state index in [1.54, 1.807) is 54.7 Å². The number of rotatable bonds is 4. The zero-order valence-electron chi connectivity index (χ0n) is 12.5. The summed E-state index contributed by atoms with van der Waals surface area (Å²) in [6, 6.07) is 14.1. The van der Waals surface area contributed by atoms with Gasteiger partial charge < -0.3 is 5.32 Å². The lowest BCUT2D eigenvalue weighted by Crippen LogP contribution is -2.36. The molecule has 1 fully saturated rings. The molecule has 1 aromatic carbocycles. The number of pyridine rings is 1. The lowest BCUT2D eigenvalue weighted by atomic mass is 10.3. The van der Waals surface area contributed by atoms with Crippen molar-refractivity contribution in [3.8, 4) is 0 Å². The predicted octanol–water partition coefficient (Wildman–Crippen LogP) is 2.76. The van der Waals surface area contributed by atoms with Gasteiger partial charge >= 0.3 is 0 Å². The smallest absolute Gasteiger partial charge is 0.294 e. The number of imide groups is 1. The van der Waals surface area contributed by atoms with Gasteiger partial charge in [0.05, 0.1) is 10.6 Å². The Bertz CT molecular complexity index is 806. The third kappa shape index (κ3) is 3.69. The molecular formula is C17H13N3O3S. The Morgan fingerprint density at radius 2 is 1.88 bits per heavy atom. The van der Waals surface area contributed by atoms with Gasteiger partial charge in [-0.2, -0.15) is 0 Å². The van der Waals surface area contributed by atoms with Crippen LogP contribution in [0, 0.1) is 0 Å². The second kappa shape index (κ2) is 7.10. The van der Waals surface area contributed by atoms with E-state index in [0.29, 0.717) is 11.4 Å². The Morgan fingerprint density at radius 1 is 1.12 bits per heavy atom. The second-order valence-electron chi connectivity index (χ2n) is 4.94. The van der Waals surface area contributed by atoms with E-state index in [4.69, 9.17) is 0 Å². The maximum atomic E-state index is 12.3. The molecule has 1 saturated heterocycles. The molecule has 0 saturated carbocycles. The summed E-state index contributed by atoms with van der Waals surface area (Å²) < 4.78 is 0. The highest BCUT2D eigenvalue weighted by molar-refractivity contribution is 8.18. The van der Waals surface area contributed by atoms with Crippen molar-refractivity contribution >= 4 is 40.6 Å². The van der Waals surface area contributed by atoms with Crippen molar-refractivity contribution < 1.29 is 14.4 Å². The zero-order chi connectivity index (χ0) is 16.9. The van der Waals surface area contributed by atoms with Gasteiger partial charge in [-0.05, 0) is 42.1 Å². The van der Waals surface area contributed by atoms with E-state index in [2.05, 4.69) is 10.3 Å². The molecule has 120 valence electrons. The molecule has 3 amide bonds. The van der Waals surface area contributed by atoms with Crippen LogP contribution in [0.25, 0.3) is 6.08 Å². The van der Waals surface area contributed by atoms with Crippen molar-refractivity contribution in [3.05, 3.63) is 65.3 Å². The van der Waals surface area contributed by atoms with E-state index in [9.17, 15) is 14.4 Å². The molecule has 7 heteroatoms. The molecule has 1 aromatic heterocycles. The van der Waals surface area contributed by atoms with Gasteiger partial charge in [-0.1, -0.05) is 24.3 Å². The van der Waals surface area contributed by atoms with Crippen LogP contribution in [-0.2, 0) is 9.59 Å². The standard InChI is InChI=1S/C17H13N3O3S/c21-15(19-12-6-2-1-3-7-12)11-20-16(22)14(24-17(20)23)10-13-8-4-5-9-18-13/h1-10H,11H2,(H,19,21)/b14-10-. The lowest BCUT2D eigenvalue weighted by molar-refractivity contribution is -0.127. The topological polar surface area (TPSA) is 79.4 Å². The SMILES string of the molecule is O=C(CN1C(=O)S/C(=C\c2ccccn2)C1=O)Nc1ccccc1. The zero-order valence-corrected chi connectivity index (χ0v) is 13.3. The summed E-state index contributed by atoms with van der Waals surface area (Å²) in [4.78, 5) is 41.6. The molecule has 0 aliphatic carbocycles. The summed E-state index contributed by atoms with van der Waals surface area (Å²) in [6.07, 6.45) is 3.14. The number of hydrogen-bond donors (Lipinski definition) is 1. The first kappa shape index (κ1) is 15.9. The van der Waals surface area contributed by atoms with Gasteiger partial charge in [-0.25, -0.2) is 0 Å². The normalized spacial score (nSPS) is 15.8. The van der Waals surface area contributed by atoms with Crippen molar-refractivity contribution in [2.24, 2.45) is 0 Å². The Hall–Kier alpha value is -2.93. The van der Waals surface area contributed by atoms with Crippen molar-refractivity contribution in [3.63, 3.8) is 0 Å². The summed E-state index contributed by atoms with van der Waals surface area (Å²) >= 11 is 0.803. The van der Waals surface area contributed by atoms with E-state index >= 15 is 0 Å². The highest BCUT2D eigenvalue weighted by Gasteiger charge is 2.36. The molecule has 2 heterocycles. The fraction of sp³-hybridized carbons (Fsp3) is 0.0588. The fourth-order valence-corrected chi connectivity index (χ4v) is 2.92. The Balaban J connectivity index is 1.68. The van der Waals surface area contributed by atoms with Gasteiger partial charge in [0.25, 0.3) is 11.1 Å². The van der Waals surface area contributed by atoms with Crippen LogP contribution in [-0.4, -0.2) is 33.5 Å². The summed E-state index contributed by atoms with van der Waals surface area (Å²) in [7, 11) is 0. The summed E-state index contributed by atoms with van der Waals surface area (Å²) in [5.41, 5.74) is 1.19.